The first-order chi connectivity index (χ1) is 11.6. The summed E-state index contributed by atoms with van der Waals surface area (Å²) in [5.41, 5.74) is 0.233. The van der Waals surface area contributed by atoms with Gasteiger partial charge in [-0.05, 0) is 48.2 Å². The molecule has 1 aromatic heterocycles. The molecule has 1 heterocycles. The van der Waals surface area contributed by atoms with Gasteiger partial charge in [-0.15, -0.1) is 0 Å². The lowest BCUT2D eigenvalue weighted by Crippen LogP contribution is -2.23. The highest BCUT2D eigenvalue weighted by Gasteiger charge is 2.44. The number of hydrogen-bond donors (Lipinski definition) is 0. The normalized spacial score (nSPS) is 15.4. The summed E-state index contributed by atoms with van der Waals surface area (Å²) < 4.78 is 20.7. The third-order valence-electron chi connectivity index (χ3n) is 4.55. The Morgan fingerprint density at radius 1 is 1.21 bits per heavy atom. The van der Waals surface area contributed by atoms with E-state index in [2.05, 4.69) is 5.10 Å². The van der Waals surface area contributed by atoms with Crippen molar-refractivity contribution < 1.29 is 9.13 Å². The van der Waals surface area contributed by atoms with Gasteiger partial charge in [-0.3, -0.25) is 4.79 Å². The molecule has 0 radical (unpaired) electrons. The minimum Gasteiger partial charge on any atom is -0.497 e. The highest BCUT2D eigenvalue weighted by molar-refractivity contribution is 5.81. The molecule has 24 heavy (non-hydrogen) atoms. The summed E-state index contributed by atoms with van der Waals surface area (Å²) in [5.74, 6) is 0.769. The molecule has 4 rings (SSSR count). The molecule has 4 nitrogen and oxygen atoms in total. The van der Waals surface area contributed by atoms with E-state index in [1.165, 1.54) is 4.68 Å². The van der Waals surface area contributed by atoms with E-state index < -0.39 is 5.67 Å². The van der Waals surface area contributed by atoms with Crippen molar-refractivity contribution in [3.05, 3.63) is 70.1 Å². The summed E-state index contributed by atoms with van der Waals surface area (Å²) in [4.78, 5) is 12.6. The SMILES string of the molecule is COc1ccc(Cn2ncc3cc(C4(F)CC4)ccc3c2=O)cc1. The summed E-state index contributed by atoms with van der Waals surface area (Å²) in [7, 11) is 1.61. The highest BCUT2D eigenvalue weighted by atomic mass is 19.1. The van der Waals surface area contributed by atoms with Crippen LogP contribution < -0.4 is 10.3 Å². The smallest absolute Gasteiger partial charge is 0.274 e. The molecule has 0 bridgehead atoms. The maximum atomic E-state index is 14.2. The van der Waals surface area contributed by atoms with Crippen LogP contribution in [0, 0.1) is 0 Å². The van der Waals surface area contributed by atoms with Gasteiger partial charge in [0.15, 0.2) is 0 Å². The maximum absolute atomic E-state index is 14.2. The average molecular weight is 324 g/mol. The standard InChI is InChI=1S/C19H17FN2O2/c1-24-16-5-2-13(3-6-16)12-22-18(23)17-7-4-15(19(20)8-9-19)10-14(17)11-21-22/h2-7,10-11H,8-9,12H2,1H3. The van der Waals surface area contributed by atoms with Crippen molar-refractivity contribution in [1.82, 2.24) is 9.78 Å². The molecule has 0 spiro atoms. The van der Waals surface area contributed by atoms with E-state index in [1.807, 2.05) is 24.3 Å². The maximum Gasteiger partial charge on any atom is 0.274 e. The molecule has 1 fully saturated rings. The van der Waals surface area contributed by atoms with Crippen LogP contribution in [0.15, 0.2) is 53.5 Å². The molecule has 0 saturated heterocycles. The molecule has 1 aliphatic rings. The van der Waals surface area contributed by atoms with Gasteiger partial charge in [0.25, 0.3) is 5.56 Å². The van der Waals surface area contributed by atoms with Gasteiger partial charge in [0.05, 0.1) is 25.2 Å². The lowest BCUT2D eigenvalue weighted by atomic mass is 10.1. The Labute approximate surface area is 138 Å². The number of hydrogen-bond acceptors (Lipinski definition) is 3. The van der Waals surface area contributed by atoms with Gasteiger partial charge in [-0.1, -0.05) is 18.2 Å². The minimum absolute atomic E-state index is 0.168. The van der Waals surface area contributed by atoms with Crippen LogP contribution in [0.5, 0.6) is 5.75 Å². The Morgan fingerprint density at radius 2 is 1.96 bits per heavy atom. The van der Waals surface area contributed by atoms with Gasteiger partial charge in [-0.25, -0.2) is 9.07 Å². The predicted molar refractivity (Wildman–Crippen MR) is 90.1 cm³/mol. The summed E-state index contributed by atoms with van der Waals surface area (Å²) in [6, 6.07) is 12.7. The van der Waals surface area contributed by atoms with Crippen molar-refractivity contribution in [3.8, 4) is 5.75 Å². The molecule has 2 aromatic carbocycles. The number of rotatable bonds is 4. The zero-order chi connectivity index (χ0) is 16.7. The van der Waals surface area contributed by atoms with Gasteiger partial charge in [0.2, 0.25) is 0 Å². The van der Waals surface area contributed by atoms with Crippen LogP contribution in [0.3, 0.4) is 0 Å². The molecule has 0 N–H and O–H groups in total. The number of fused-ring (bicyclic) bond motifs is 1. The molecular weight excluding hydrogens is 307 g/mol. The summed E-state index contributed by atoms with van der Waals surface area (Å²) in [5, 5.41) is 5.49. The van der Waals surface area contributed by atoms with Gasteiger partial charge < -0.3 is 4.74 Å². The lowest BCUT2D eigenvalue weighted by Gasteiger charge is -2.09. The summed E-state index contributed by atoms with van der Waals surface area (Å²) in [6.45, 7) is 0.383. The highest BCUT2D eigenvalue weighted by Crippen LogP contribution is 2.49. The third kappa shape index (κ3) is 2.56. The second-order valence-electron chi connectivity index (χ2n) is 6.22. The fraction of sp³-hybridized carbons (Fsp3) is 0.263. The zero-order valence-electron chi connectivity index (χ0n) is 13.3. The molecule has 0 aliphatic heterocycles. The lowest BCUT2D eigenvalue weighted by molar-refractivity contribution is 0.318. The number of methoxy groups -OCH3 is 1. The van der Waals surface area contributed by atoms with Crippen LogP contribution in [0.4, 0.5) is 4.39 Å². The largest absolute Gasteiger partial charge is 0.497 e. The number of alkyl halides is 1. The first-order valence-corrected chi connectivity index (χ1v) is 7.91. The zero-order valence-corrected chi connectivity index (χ0v) is 13.3. The van der Waals surface area contributed by atoms with E-state index in [0.717, 1.165) is 11.3 Å². The fourth-order valence-corrected chi connectivity index (χ4v) is 2.88. The van der Waals surface area contributed by atoms with Gasteiger partial charge in [-0.2, -0.15) is 5.10 Å². The summed E-state index contributed by atoms with van der Waals surface area (Å²) >= 11 is 0. The van der Waals surface area contributed by atoms with Crippen LogP contribution in [-0.4, -0.2) is 16.9 Å². The third-order valence-corrected chi connectivity index (χ3v) is 4.55. The topological polar surface area (TPSA) is 44.1 Å². The van der Waals surface area contributed by atoms with Crippen LogP contribution in [0.1, 0.15) is 24.0 Å². The van der Waals surface area contributed by atoms with Crippen molar-refractivity contribution >= 4 is 10.8 Å². The number of nitrogens with zero attached hydrogens (tertiary/aromatic N) is 2. The van der Waals surface area contributed by atoms with Crippen LogP contribution in [-0.2, 0) is 12.2 Å². The Balaban J connectivity index is 1.68. The first-order valence-electron chi connectivity index (χ1n) is 7.91. The minimum atomic E-state index is -1.20. The van der Waals surface area contributed by atoms with Crippen molar-refractivity contribution in [2.45, 2.75) is 25.1 Å². The van der Waals surface area contributed by atoms with Gasteiger partial charge in [0, 0.05) is 5.39 Å². The second-order valence-corrected chi connectivity index (χ2v) is 6.22. The van der Waals surface area contributed by atoms with E-state index in [9.17, 15) is 9.18 Å². The molecule has 0 amide bonds. The number of aromatic nitrogens is 2. The van der Waals surface area contributed by atoms with Crippen molar-refractivity contribution in [1.29, 1.82) is 0 Å². The van der Waals surface area contributed by atoms with Crippen LogP contribution in [0.2, 0.25) is 0 Å². The Hall–Kier alpha value is -2.69. The number of ether oxygens (including phenoxy) is 1. The second kappa shape index (κ2) is 5.44. The van der Waals surface area contributed by atoms with E-state index in [0.29, 0.717) is 35.7 Å². The van der Waals surface area contributed by atoms with Crippen LogP contribution >= 0.6 is 0 Å². The molecule has 3 aromatic rings. The van der Waals surface area contributed by atoms with E-state index in [4.69, 9.17) is 4.74 Å². The average Bonchev–Trinajstić information content (AvgIpc) is 3.37. The van der Waals surface area contributed by atoms with Crippen molar-refractivity contribution in [3.63, 3.8) is 0 Å². The molecule has 1 saturated carbocycles. The van der Waals surface area contributed by atoms with E-state index in [1.54, 1.807) is 31.5 Å². The fourth-order valence-electron chi connectivity index (χ4n) is 2.88. The first kappa shape index (κ1) is 14.9. The predicted octanol–water partition coefficient (Wildman–Crippen LogP) is 3.41. The Kier molecular flexibility index (Phi) is 3.37. The van der Waals surface area contributed by atoms with E-state index in [-0.39, 0.29) is 5.56 Å². The summed E-state index contributed by atoms with van der Waals surface area (Å²) in [6.07, 6.45) is 2.75. The Bertz CT molecular complexity index is 959. The van der Waals surface area contributed by atoms with Gasteiger partial charge in [0.1, 0.15) is 11.4 Å². The molecule has 122 valence electrons. The van der Waals surface area contributed by atoms with Crippen molar-refractivity contribution in [2.24, 2.45) is 0 Å². The Morgan fingerprint density at radius 3 is 2.62 bits per heavy atom. The molecular formula is C19H17FN2O2. The monoisotopic (exact) mass is 324 g/mol. The van der Waals surface area contributed by atoms with E-state index >= 15 is 0 Å². The molecule has 5 heteroatoms. The molecule has 0 atom stereocenters. The van der Waals surface area contributed by atoms with Crippen molar-refractivity contribution in [2.75, 3.05) is 7.11 Å². The quantitative estimate of drug-likeness (QED) is 0.739. The number of benzene rings is 2. The molecule has 1 aliphatic carbocycles. The van der Waals surface area contributed by atoms with Gasteiger partial charge >= 0.3 is 0 Å². The van der Waals surface area contributed by atoms with Crippen LogP contribution in [0.25, 0.3) is 10.8 Å². The molecule has 0 unspecified atom stereocenters. The number of halogens is 1.